The largest absolute Gasteiger partial charge is 0.489 e. The zero-order valence-electron chi connectivity index (χ0n) is 32.9. The van der Waals surface area contributed by atoms with Gasteiger partial charge < -0.3 is 29.4 Å². The molecule has 2 N–H and O–H groups in total. The first-order chi connectivity index (χ1) is 29.1. The molecule has 0 saturated heterocycles. The molecule has 0 aliphatic carbocycles. The first-order valence-corrected chi connectivity index (χ1v) is 20.3. The number of hydrogen-bond acceptors (Lipinski definition) is 9. The van der Waals surface area contributed by atoms with Gasteiger partial charge in [0.1, 0.15) is 36.5 Å². The lowest BCUT2D eigenvalue weighted by atomic mass is 9.91. The van der Waals surface area contributed by atoms with Crippen molar-refractivity contribution in [2.75, 3.05) is 6.61 Å². The molecule has 0 fully saturated rings. The van der Waals surface area contributed by atoms with E-state index in [0.717, 1.165) is 44.6 Å². The van der Waals surface area contributed by atoms with E-state index in [1.165, 1.54) is 0 Å². The number of benzene rings is 4. The van der Waals surface area contributed by atoms with Gasteiger partial charge in [0.2, 0.25) is 5.91 Å². The lowest BCUT2D eigenvalue weighted by Crippen LogP contribution is -2.54. The Labute approximate surface area is 357 Å². The molecule has 0 spiro atoms. The maximum absolute atomic E-state index is 14.2. The summed E-state index contributed by atoms with van der Waals surface area (Å²) in [7, 11) is 0. The van der Waals surface area contributed by atoms with Gasteiger partial charge in [-0.3, -0.25) is 19.7 Å². The Balaban J connectivity index is 0.948. The number of nitrogens with zero attached hydrogens (tertiary/aromatic N) is 3. The lowest BCUT2D eigenvalue weighted by molar-refractivity contribution is -0.142. The molecule has 13 heteroatoms. The van der Waals surface area contributed by atoms with Gasteiger partial charge in [0.05, 0.1) is 16.1 Å². The van der Waals surface area contributed by atoms with Gasteiger partial charge in [-0.05, 0) is 120 Å². The third-order valence-electron chi connectivity index (χ3n) is 10.8. The molecule has 2 aromatic heterocycles. The van der Waals surface area contributed by atoms with Crippen molar-refractivity contribution < 1.29 is 33.6 Å². The number of hydrogen-bond donors (Lipinski definition) is 2. The van der Waals surface area contributed by atoms with E-state index in [0.29, 0.717) is 71.5 Å². The van der Waals surface area contributed by atoms with Crippen LogP contribution in [0.15, 0.2) is 116 Å². The summed E-state index contributed by atoms with van der Waals surface area (Å²) >= 11 is 12.2. The van der Waals surface area contributed by atoms with Gasteiger partial charge in [-0.1, -0.05) is 53.5 Å². The number of carbonyl (C=O) groups is 2. The van der Waals surface area contributed by atoms with E-state index in [9.17, 15) is 14.7 Å². The number of amides is 1. The van der Waals surface area contributed by atoms with E-state index in [4.69, 9.17) is 42.1 Å². The van der Waals surface area contributed by atoms with Gasteiger partial charge in [0, 0.05) is 49.4 Å². The van der Waals surface area contributed by atoms with Crippen LogP contribution < -0.4 is 24.3 Å². The molecule has 0 saturated carbocycles. The first-order valence-electron chi connectivity index (χ1n) is 19.5. The number of nitrogens with one attached hydrogen (secondary N) is 1. The van der Waals surface area contributed by atoms with Crippen LogP contribution in [0.5, 0.6) is 28.7 Å². The molecule has 60 heavy (non-hydrogen) atoms. The number of carbonyl (C=O) groups excluding carboxylic acids is 1. The normalized spacial score (nSPS) is 16.3. The van der Waals surface area contributed by atoms with Crippen LogP contribution in [-0.2, 0) is 42.1 Å². The number of ether oxygens (including phenoxy) is 4. The van der Waals surface area contributed by atoms with E-state index < -0.39 is 18.1 Å². The predicted octanol–water partition coefficient (Wildman–Crippen LogP) is 9.02. The van der Waals surface area contributed by atoms with E-state index in [1.54, 1.807) is 48.9 Å². The number of aryl methyl sites for hydroxylation is 1. The second-order valence-electron chi connectivity index (χ2n) is 14.9. The highest BCUT2D eigenvalue weighted by Gasteiger charge is 2.36. The van der Waals surface area contributed by atoms with Crippen LogP contribution in [0.25, 0.3) is 0 Å². The molecule has 0 bridgehead atoms. The van der Waals surface area contributed by atoms with Crippen LogP contribution in [-0.4, -0.2) is 50.5 Å². The summed E-state index contributed by atoms with van der Waals surface area (Å²) in [6.45, 7) is 5.39. The van der Waals surface area contributed by atoms with E-state index in [-0.39, 0.29) is 18.4 Å². The quantitative estimate of drug-likeness (QED) is 0.116. The van der Waals surface area contributed by atoms with Gasteiger partial charge in [-0.2, -0.15) is 0 Å². The Morgan fingerprint density at radius 2 is 1.58 bits per heavy atom. The van der Waals surface area contributed by atoms with Crippen molar-refractivity contribution >= 4 is 35.1 Å². The second-order valence-corrected chi connectivity index (χ2v) is 15.8. The molecule has 2 aliphatic rings. The van der Waals surface area contributed by atoms with Crippen molar-refractivity contribution in [2.45, 2.75) is 64.6 Å². The molecule has 2 aliphatic heterocycles. The molecule has 4 heterocycles. The summed E-state index contributed by atoms with van der Waals surface area (Å²) in [5.41, 5.74) is 7.31. The van der Waals surface area contributed by atoms with Gasteiger partial charge >= 0.3 is 5.97 Å². The first kappa shape index (κ1) is 40.6. The Morgan fingerprint density at radius 3 is 2.33 bits per heavy atom. The second kappa shape index (κ2) is 18.0. The average molecular weight is 846 g/mol. The van der Waals surface area contributed by atoms with Crippen LogP contribution in [0.4, 0.5) is 0 Å². The highest BCUT2D eigenvalue weighted by molar-refractivity contribution is 6.42. The molecule has 0 unspecified atom stereocenters. The molecule has 1 amide bonds. The number of aliphatic carboxylic acids is 1. The number of fused-ring (bicyclic) bond motifs is 2. The number of carboxylic acids is 1. The summed E-state index contributed by atoms with van der Waals surface area (Å²) in [6.07, 6.45) is 5.23. The Morgan fingerprint density at radius 1 is 0.850 bits per heavy atom. The smallest absolute Gasteiger partial charge is 0.326 e. The maximum Gasteiger partial charge on any atom is 0.326 e. The highest BCUT2D eigenvalue weighted by Crippen LogP contribution is 2.41. The summed E-state index contributed by atoms with van der Waals surface area (Å²) in [4.78, 5) is 37.2. The number of halogens is 2. The molecule has 6 aromatic rings. The third-order valence-corrected chi connectivity index (χ3v) is 11.6. The van der Waals surface area contributed by atoms with Crippen molar-refractivity contribution in [1.29, 1.82) is 0 Å². The van der Waals surface area contributed by atoms with Crippen molar-refractivity contribution in [3.05, 3.63) is 170 Å². The molecule has 11 nitrogen and oxygen atoms in total. The van der Waals surface area contributed by atoms with Crippen LogP contribution >= 0.6 is 23.2 Å². The SMILES string of the molecule is Cc1nccc(Oc2ccc(C[C@H](NC(=O)[C@@H]3Cc4cc5c(cc4CN3Cc3ccncc3)O[C@@H](c3ccc(OCc4ccc(Cl)c(Cl)c4)cc3)CO5)C(=O)O)cc2)c1C. The minimum atomic E-state index is -1.15. The maximum atomic E-state index is 14.2. The minimum Gasteiger partial charge on any atom is -0.489 e. The van der Waals surface area contributed by atoms with E-state index in [2.05, 4.69) is 20.2 Å². The Hall–Kier alpha value is -6.14. The van der Waals surface area contributed by atoms with E-state index >= 15 is 0 Å². The molecule has 3 atom stereocenters. The van der Waals surface area contributed by atoms with Gasteiger partial charge in [0.25, 0.3) is 0 Å². The number of rotatable bonds is 13. The Bertz CT molecular complexity index is 2500. The standard InChI is InChI=1S/C47H42Cl2N4O7/c1-28-29(2)51-18-15-42(28)59-37-8-3-30(4-9-37)20-40(47(55)56)52-46(54)41-21-34-22-43-44(23-35(34)25-53(41)24-31-13-16-50-17-14-31)60-45(27-58-43)33-6-10-36(11-7-33)57-26-32-5-12-38(48)39(49)19-32/h3-19,22-23,40-41,45H,20-21,24-27H2,1-2H3,(H,52,54)(H,55,56)/t40-,41-,45+/m0/s1. The lowest BCUT2D eigenvalue weighted by Gasteiger charge is -2.37. The van der Waals surface area contributed by atoms with Gasteiger partial charge in [-0.15, -0.1) is 0 Å². The predicted molar refractivity (Wildman–Crippen MR) is 227 cm³/mol. The van der Waals surface area contributed by atoms with Crippen molar-refractivity contribution in [3.63, 3.8) is 0 Å². The van der Waals surface area contributed by atoms with E-state index in [1.807, 2.05) is 80.6 Å². The molecule has 4 aromatic carbocycles. The summed E-state index contributed by atoms with van der Waals surface area (Å²) in [6, 6.07) is 28.1. The topological polar surface area (TPSA) is 132 Å². The van der Waals surface area contributed by atoms with Gasteiger partial charge in [0.15, 0.2) is 17.6 Å². The summed E-state index contributed by atoms with van der Waals surface area (Å²) < 4.78 is 24.8. The van der Waals surface area contributed by atoms with Crippen LogP contribution in [0.1, 0.15) is 50.7 Å². The Kier molecular flexibility index (Phi) is 12.2. The van der Waals surface area contributed by atoms with Crippen molar-refractivity contribution in [2.24, 2.45) is 0 Å². The monoisotopic (exact) mass is 844 g/mol. The molecular formula is C47H42Cl2N4O7. The zero-order chi connectivity index (χ0) is 41.8. The molecule has 306 valence electrons. The minimum absolute atomic E-state index is 0.0940. The zero-order valence-corrected chi connectivity index (χ0v) is 34.5. The molecular weight excluding hydrogens is 803 g/mol. The number of carboxylic acid groups (broad SMARTS) is 1. The van der Waals surface area contributed by atoms with Crippen LogP contribution in [0.2, 0.25) is 10.0 Å². The fourth-order valence-electron chi connectivity index (χ4n) is 7.34. The van der Waals surface area contributed by atoms with Crippen molar-refractivity contribution in [1.82, 2.24) is 20.2 Å². The average Bonchev–Trinajstić information content (AvgIpc) is 3.25. The molecule has 8 rings (SSSR count). The highest BCUT2D eigenvalue weighted by atomic mass is 35.5. The van der Waals surface area contributed by atoms with Gasteiger partial charge in [-0.25, -0.2) is 4.79 Å². The third kappa shape index (κ3) is 9.50. The summed E-state index contributed by atoms with van der Waals surface area (Å²) in [5.74, 6) is 1.73. The van der Waals surface area contributed by atoms with Crippen LogP contribution in [0, 0.1) is 13.8 Å². The van der Waals surface area contributed by atoms with Crippen molar-refractivity contribution in [3.8, 4) is 28.7 Å². The summed E-state index contributed by atoms with van der Waals surface area (Å²) in [5, 5.41) is 14.1. The number of pyridine rings is 2. The fourth-order valence-corrected chi connectivity index (χ4v) is 7.66. The molecule has 0 radical (unpaired) electrons. The number of aromatic nitrogens is 2. The fraction of sp³-hybridized carbons (Fsp3) is 0.234. The van der Waals surface area contributed by atoms with Crippen LogP contribution in [0.3, 0.4) is 0 Å².